The van der Waals surface area contributed by atoms with E-state index in [4.69, 9.17) is 31.4 Å². The summed E-state index contributed by atoms with van der Waals surface area (Å²) >= 11 is 0. The Labute approximate surface area is 96.8 Å². The van der Waals surface area contributed by atoms with Crippen LogP contribution in [0.15, 0.2) is 0 Å². The van der Waals surface area contributed by atoms with Gasteiger partial charge in [0.1, 0.15) is 20.2 Å². The Kier molecular flexibility index (Phi) is 12.6. The van der Waals surface area contributed by atoms with Crippen molar-refractivity contribution in [2.24, 2.45) is 17.2 Å². The molecule has 0 heterocycles. The van der Waals surface area contributed by atoms with Gasteiger partial charge in [-0.2, -0.15) is 0 Å². The summed E-state index contributed by atoms with van der Waals surface area (Å²) in [7, 11) is 0. The second-order valence-electron chi connectivity index (χ2n) is 3.15. The molecule has 0 amide bonds. The van der Waals surface area contributed by atoms with Gasteiger partial charge in [-0.1, -0.05) is 0 Å². The maximum atomic E-state index is 5.32. The number of hydrogen-bond acceptors (Lipinski definition) is 7. The molecule has 0 radical (unpaired) electrons. The van der Waals surface area contributed by atoms with Crippen LogP contribution in [0, 0.1) is 0 Å². The van der Waals surface area contributed by atoms with Crippen molar-refractivity contribution in [1.82, 2.24) is 4.90 Å². The highest BCUT2D eigenvalue weighted by Crippen LogP contribution is 1.91. The third-order valence-corrected chi connectivity index (χ3v) is 1.61. The van der Waals surface area contributed by atoms with E-state index in [1.54, 1.807) is 0 Å². The number of hydrogen-bond donors (Lipinski definition) is 3. The Morgan fingerprint density at radius 1 is 0.625 bits per heavy atom. The standard InChI is InChI=1S/C9H24N4O3/c10-1-4-14-7-13(8-15-5-2-11)9-16-6-3-12/h1-12H2. The number of nitrogens with zero attached hydrogens (tertiary/aromatic N) is 1. The average Bonchev–Trinajstić information content (AvgIpc) is 2.29. The fourth-order valence-corrected chi connectivity index (χ4v) is 0.943. The monoisotopic (exact) mass is 236 g/mol. The van der Waals surface area contributed by atoms with Gasteiger partial charge >= 0.3 is 0 Å². The highest BCUT2D eigenvalue weighted by atomic mass is 16.5. The second kappa shape index (κ2) is 12.8. The van der Waals surface area contributed by atoms with E-state index in [0.717, 1.165) is 0 Å². The molecule has 0 bridgehead atoms. The van der Waals surface area contributed by atoms with Crippen molar-refractivity contribution in [3.05, 3.63) is 0 Å². The van der Waals surface area contributed by atoms with Crippen LogP contribution in [-0.2, 0) is 14.2 Å². The SMILES string of the molecule is NCCOCN(COCCN)COCCN. The summed E-state index contributed by atoms with van der Waals surface area (Å²) < 4.78 is 15.9. The molecule has 7 heteroatoms. The Hall–Kier alpha value is -0.280. The maximum absolute atomic E-state index is 5.32. The fraction of sp³-hybridized carbons (Fsp3) is 1.00. The summed E-state index contributed by atoms with van der Waals surface area (Å²) in [6, 6.07) is 0. The predicted molar refractivity (Wildman–Crippen MR) is 61.5 cm³/mol. The smallest absolute Gasteiger partial charge is 0.103 e. The zero-order chi connectivity index (χ0) is 12.1. The summed E-state index contributed by atoms with van der Waals surface area (Å²) in [5.41, 5.74) is 16.0. The van der Waals surface area contributed by atoms with Gasteiger partial charge in [0.05, 0.1) is 19.8 Å². The zero-order valence-electron chi connectivity index (χ0n) is 9.77. The van der Waals surface area contributed by atoms with Gasteiger partial charge in [0.2, 0.25) is 0 Å². The quantitative estimate of drug-likeness (QED) is 0.268. The van der Waals surface area contributed by atoms with Crippen molar-refractivity contribution >= 4 is 0 Å². The molecule has 0 saturated carbocycles. The lowest BCUT2D eigenvalue weighted by molar-refractivity contribution is -0.0947. The number of ether oxygens (including phenoxy) is 3. The van der Waals surface area contributed by atoms with Gasteiger partial charge in [-0.05, 0) is 0 Å². The van der Waals surface area contributed by atoms with Gasteiger partial charge in [-0.25, -0.2) is 4.90 Å². The van der Waals surface area contributed by atoms with E-state index in [1.807, 2.05) is 4.90 Å². The lowest BCUT2D eigenvalue weighted by atomic mass is 10.7. The molecule has 0 aromatic rings. The molecule has 7 nitrogen and oxygen atoms in total. The molecule has 16 heavy (non-hydrogen) atoms. The molecule has 0 rings (SSSR count). The van der Waals surface area contributed by atoms with Gasteiger partial charge in [-0.3, -0.25) is 0 Å². The normalized spacial score (nSPS) is 11.2. The molecule has 0 aromatic heterocycles. The van der Waals surface area contributed by atoms with Crippen LogP contribution < -0.4 is 17.2 Å². The van der Waals surface area contributed by atoms with Crippen LogP contribution in [0.3, 0.4) is 0 Å². The summed E-state index contributed by atoms with van der Waals surface area (Å²) in [6.07, 6.45) is 0. The van der Waals surface area contributed by atoms with E-state index >= 15 is 0 Å². The minimum absolute atomic E-state index is 0.423. The summed E-state index contributed by atoms with van der Waals surface area (Å²) in [4.78, 5) is 1.86. The predicted octanol–water partition coefficient (Wildman–Crippen LogP) is -1.91. The Morgan fingerprint density at radius 3 is 1.19 bits per heavy atom. The van der Waals surface area contributed by atoms with Crippen LogP contribution in [0.1, 0.15) is 0 Å². The van der Waals surface area contributed by atoms with Gasteiger partial charge in [0.25, 0.3) is 0 Å². The molecular weight excluding hydrogens is 212 g/mol. The maximum Gasteiger partial charge on any atom is 0.103 e. The fourth-order valence-electron chi connectivity index (χ4n) is 0.943. The molecular formula is C9H24N4O3. The summed E-state index contributed by atoms with van der Waals surface area (Å²) in [5, 5.41) is 0. The van der Waals surface area contributed by atoms with E-state index in [0.29, 0.717) is 59.6 Å². The molecule has 0 saturated heterocycles. The number of rotatable bonds is 12. The topological polar surface area (TPSA) is 109 Å². The van der Waals surface area contributed by atoms with Crippen molar-refractivity contribution in [1.29, 1.82) is 0 Å². The first-order valence-corrected chi connectivity index (χ1v) is 5.41. The van der Waals surface area contributed by atoms with E-state index in [9.17, 15) is 0 Å². The van der Waals surface area contributed by atoms with Crippen molar-refractivity contribution in [2.45, 2.75) is 0 Å². The van der Waals surface area contributed by atoms with E-state index in [1.165, 1.54) is 0 Å². The Morgan fingerprint density at radius 2 is 0.938 bits per heavy atom. The molecule has 0 spiro atoms. The van der Waals surface area contributed by atoms with Crippen LogP contribution in [0.25, 0.3) is 0 Å². The minimum Gasteiger partial charge on any atom is -0.365 e. The molecule has 98 valence electrons. The molecule has 0 aliphatic heterocycles. The molecule has 0 aromatic carbocycles. The molecule has 6 N–H and O–H groups in total. The van der Waals surface area contributed by atoms with Crippen LogP contribution in [0.5, 0.6) is 0 Å². The molecule has 0 aliphatic rings. The van der Waals surface area contributed by atoms with Crippen molar-refractivity contribution in [2.75, 3.05) is 59.6 Å². The van der Waals surface area contributed by atoms with E-state index in [-0.39, 0.29) is 0 Å². The zero-order valence-corrected chi connectivity index (χ0v) is 9.77. The summed E-state index contributed by atoms with van der Waals surface area (Å²) in [6.45, 7) is 4.33. The lowest BCUT2D eigenvalue weighted by Crippen LogP contribution is -2.33. The van der Waals surface area contributed by atoms with Crippen LogP contribution in [-0.4, -0.2) is 64.5 Å². The van der Waals surface area contributed by atoms with Crippen LogP contribution >= 0.6 is 0 Å². The van der Waals surface area contributed by atoms with Crippen molar-refractivity contribution < 1.29 is 14.2 Å². The van der Waals surface area contributed by atoms with Crippen molar-refractivity contribution in [3.63, 3.8) is 0 Å². The first kappa shape index (κ1) is 15.7. The van der Waals surface area contributed by atoms with Gasteiger partial charge in [0, 0.05) is 19.6 Å². The minimum atomic E-state index is 0.423. The number of nitrogens with two attached hydrogens (primary N) is 3. The highest BCUT2D eigenvalue weighted by molar-refractivity contribution is 4.41. The van der Waals surface area contributed by atoms with Crippen molar-refractivity contribution in [3.8, 4) is 0 Å². The first-order chi connectivity index (χ1) is 7.85. The van der Waals surface area contributed by atoms with Gasteiger partial charge < -0.3 is 31.4 Å². The van der Waals surface area contributed by atoms with Crippen LogP contribution in [0.4, 0.5) is 0 Å². The summed E-state index contributed by atoms with van der Waals surface area (Å²) in [5.74, 6) is 0. The largest absolute Gasteiger partial charge is 0.365 e. The van der Waals surface area contributed by atoms with E-state index < -0.39 is 0 Å². The van der Waals surface area contributed by atoms with Gasteiger partial charge in [0.15, 0.2) is 0 Å². The average molecular weight is 236 g/mol. The Balaban J connectivity index is 3.58. The second-order valence-corrected chi connectivity index (χ2v) is 3.15. The third-order valence-electron chi connectivity index (χ3n) is 1.61. The van der Waals surface area contributed by atoms with Gasteiger partial charge in [-0.15, -0.1) is 0 Å². The lowest BCUT2D eigenvalue weighted by Gasteiger charge is -2.21. The highest BCUT2D eigenvalue weighted by Gasteiger charge is 2.04. The van der Waals surface area contributed by atoms with E-state index in [2.05, 4.69) is 0 Å². The third kappa shape index (κ3) is 10.2. The Bertz CT molecular complexity index is 116. The molecule has 0 atom stereocenters. The van der Waals surface area contributed by atoms with Crippen LogP contribution in [0.2, 0.25) is 0 Å². The molecule has 0 aliphatic carbocycles. The molecule has 0 fully saturated rings. The molecule has 0 unspecified atom stereocenters. The first-order valence-electron chi connectivity index (χ1n) is 5.41.